The standard InChI is InChI=1S/C10H8N2O3S2/c13-7-2-1-6(3-8(7)14)4-11-12-9(15)5-17-10(12)16/h1-4,13-14H,5H2/b11-4-. The summed E-state index contributed by atoms with van der Waals surface area (Å²) in [4.78, 5) is 11.3. The van der Waals surface area contributed by atoms with Crippen molar-refractivity contribution in [2.45, 2.75) is 0 Å². The number of phenols is 2. The molecule has 2 rings (SSSR count). The van der Waals surface area contributed by atoms with E-state index in [1.807, 2.05) is 0 Å². The van der Waals surface area contributed by atoms with E-state index in [4.69, 9.17) is 17.3 Å². The molecule has 1 fully saturated rings. The van der Waals surface area contributed by atoms with Crippen molar-refractivity contribution in [3.05, 3.63) is 23.8 Å². The van der Waals surface area contributed by atoms with Gasteiger partial charge in [0.05, 0.1) is 12.0 Å². The smallest absolute Gasteiger partial charge is 0.259 e. The molecule has 17 heavy (non-hydrogen) atoms. The average molecular weight is 268 g/mol. The second-order valence-corrected chi connectivity index (χ2v) is 4.86. The van der Waals surface area contributed by atoms with Gasteiger partial charge in [0.15, 0.2) is 15.8 Å². The Kier molecular flexibility index (Phi) is 3.30. The molecule has 88 valence electrons. The fourth-order valence-electron chi connectivity index (χ4n) is 1.20. The highest BCUT2D eigenvalue weighted by Gasteiger charge is 2.25. The van der Waals surface area contributed by atoms with E-state index >= 15 is 0 Å². The molecule has 7 heteroatoms. The third-order valence-electron chi connectivity index (χ3n) is 2.05. The van der Waals surface area contributed by atoms with Crippen molar-refractivity contribution in [2.24, 2.45) is 5.10 Å². The highest BCUT2D eigenvalue weighted by molar-refractivity contribution is 8.23. The van der Waals surface area contributed by atoms with Crippen LogP contribution >= 0.6 is 24.0 Å². The number of hydrogen-bond acceptors (Lipinski definition) is 6. The molecular weight excluding hydrogens is 260 g/mol. The number of phenolic OH excluding ortho intramolecular Hbond substituents is 2. The molecule has 1 amide bonds. The zero-order chi connectivity index (χ0) is 12.4. The minimum atomic E-state index is -0.237. The maximum Gasteiger partial charge on any atom is 0.259 e. The molecule has 1 saturated heterocycles. The molecule has 0 aromatic heterocycles. The van der Waals surface area contributed by atoms with Gasteiger partial charge in [0.1, 0.15) is 0 Å². The van der Waals surface area contributed by atoms with E-state index in [0.717, 1.165) is 5.01 Å². The summed E-state index contributed by atoms with van der Waals surface area (Å²) in [5, 5.41) is 23.5. The molecule has 0 atom stereocenters. The van der Waals surface area contributed by atoms with E-state index in [9.17, 15) is 9.90 Å². The number of hydrogen-bond donors (Lipinski definition) is 2. The molecule has 0 unspecified atom stereocenters. The predicted molar refractivity (Wildman–Crippen MR) is 69.3 cm³/mol. The number of benzene rings is 1. The lowest BCUT2D eigenvalue weighted by molar-refractivity contribution is -0.123. The van der Waals surface area contributed by atoms with Crippen LogP contribution in [0.1, 0.15) is 5.56 Å². The number of carbonyl (C=O) groups excluding carboxylic acids is 1. The lowest BCUT2D eigenvalue weighted by Crippen LogP contribution is -2.22. The SMILES string of the molecule is O=C1CSC(=S)N1/N=C\c1ccc(O)c(O)c1. The van der Waals surface area contributed by atoms with E-state index in [2.05, 4.69) is 5.10 Å². The summed E-state index contributed by atoms with van der Waals surface area (Å²) in [6.45, 7) is 0. The molecule has 0 radical (unpaired) electrons. The molecule has 5 nitrogen and oxygen atoms in total. The van der Waals surface area contributed by atoms with Crippen LogP contribution in [0.2, 0.25) is 0 Å². The summed E-state index contributed by atoms with van der Waals surface area (Å²) in [7, 11) is 0. The van der Waals surface area contributed by atoms with Crippen molar-refractivity contribution in [2.75, 3.05) is 5.75 Å². The Morgan fingerprint density at radius 2 is 2.18 bits per heavy atom. The lowest BCUT2D eigenvalue weighted by atomic mass is 10.2. The molecule has 1 aliphatic heterocycles. The molecular formula is C10H8N2O3S2. The van der Waals surface area contributed by atoms with Gasteiger partial charge in [0.25, 0.3) is 5.91 Å². The fraction of sp³-hybridized carbons (Fsp3) is 0.100. The summed E-state index contributed by atoms with van der Waals surface area (Å²) in [5.74, 6) is -0.305. The van der Waals surface area contributed by atoms with Crippen LogP contribution in [0.25, 0.3) is 0 Å². The van der Waals surface area contributed by atoms with Gasteiger partial charge in [-0.15, -0.1) is 0 Å². The monoisotopic (exact) mass is 268 g/mol. The maximum absolute atomic E-state index is 11.3. The topological polar surface area (TPSA) is 73.1 Å². The van der Waals surface area contributed by atoms with Crippen molar-refractivity contribution < 1.29 is 15.0 Å². The zero-order valence-electron chi connectivity index (χ0n) is 8.53. The second kappa shape index (κ2) is 4.72. The number of thioether (sulfide) groups is 1. The second-order valence-electron chi connectivity index (χ2n) is 3.25. The van der Waals surface area contributed by atoms with Gasteiger partial charge in [0.2, 0.25) is 0 Å². The highest BCUT2D eigenvalue weighted by atomic mass is 32.2. The number of thiocarbonyl (C=S) groups is 1. The third-order valence-corrected chi connectivity index (χ3v) is 3.39. The first-order valence-corrected chi connectivity index (χ1v) is 6.03. The first kappa shape index (κ1) is 11.9. The number of amides is 1. The first-order valence-electron chi connectivity index (χ1n) is 4.63. The molecule has 1 heterocycles. The van der Waals surface area contributed by atoms with Gasteiger partial charge in [-0.1, -0.05) is 24.0 Å². The van der Waals surface area contributed by atoms with Gasteiger partial charge in [-0.3, -0.25) is 4.79 Å². The van der Waals surface area contributed by atoms with Crippen LogP contribution in [0, 0.1) is 0 Å². The van der Waals surface area contributed by atoms with Crippen LogP contribution in [0.4, 0.5) is 0 Å². The van der Waals surface area contributed by atoms with E-state index in [1.54, 1.807) is 6.07 Å². The Bertz CT molecular complexity index is 500. The normalized spacial score (nSPS) is 16.1. The van der Waals surface area contributed by atoms with Gasteiger partial charge in [-0.05, 0) is 23.8 Å². The van der Waals surface area contributed by atoms with Gasteiger partial charge in [-0.2, -0.15) is 10.1 Å². The van der Waals surface area contributed by atoms with Crippen LogP contribution < -0.4 is 0 Å². The molecule has 0 spiro atoms. The molecule has 0 saturated carbocycles. The van der Waals surface area contributed by atoms with Crippen LogP contribution in [0.5, 0.6) is 11.5 Å². The summed E-state index contributed by atoms with van der Waals surface area (Å²) in [5.41, 5.74) is 0.563. The Morgan fingerprint density at radius 3 is 2.76 bits per heavy atom. The van der Waals surface area contributed by atoms with E-state index in [0.29, 0.717) is 15.6 Å². The van der Waals surface area contributed by atoms with Gasteiger partial charge >= 0.3 is 0 Å². The van der Waals surface area contributed by atoms with Gasteiger partial charge < -0.3 is 10.2 Å². The van der Waals surface area contributed by atoms with Crippen LogP contribution in [-0.4, -0.2) is 37.4 Å². The van der Waals surface area contributed by atoms with Crippen LogP contribution in [0.3, 0.4) is 0 Å². The quantitative estimate of drug-likeness (QED) is 0.480. The van der Waals surface area contributed by atoms with Gasteiger partial charge in [-0.25, -0.2) is 0 Å². The van der Waals surface area contributed by atoms with Crippen molar-refractivity contribution in [1.82, 2.24) is 5.01 Å². The van der Waals surface area contributed by atoms with E-state index in [1.165, 1.54) is 30.1 Å². The number of aromatic hydroxyl groups is 2. The Labute approximate surface area is 107 Å². The summed E-state index contributed by atoms with van der Waals surface area (Å²) < 4.78 is 0.411. The van der Waals surface area contributed by atoms with Crippen molar-refractivity contribution >= 4 is 40.4 Å². The zero-order valence-corrected chi connectivity index (χ0v) is 10.2. The molecule has 1 aromatic rings. The maximum atomic E-state index is 11.3. The Balaban J connectivity index is 2.17. The minimum absolute atomic E-state index is 0.167. The molecule has 2 N–H and O–H groups in total. The molecule has 1 aliphatic rings. The minimum Gasteiger partial charge on any atom is -0.504 e. The van der Waals surface area contributed by atoms with Crippen molar-refractivity contribution in [3.63, 3.8) is 0 Å². The fourth-order valence-corrected chi connectivity index (χ4v) is 2.17. The van der Waals surface area contributed by atoms with Crippen LogP contribution in [0.15, 0.2) is 23.3 Å². The van der Waals surface area contributed by atoms with E-state index in [-0.39, 0.29) is 17.4 Å². The molecule has 0 aliphatic carbocycles. The van der Waals surface area contributed by atoms with Gasteiger partial charge in [0, 0.05) is 0 Å². The Morgan fingerprint density at radius 1 is 1.41 bits per heavy atom. The summed E-state index contributed by atoms with van der Waals surface area (Å²) in [6.07, 6.45) is 1.40. The number of carbonyl (C=O) groups is 1. The highest BCUT2D eigenvalue weighted by Crippen LogP contribution is 2.24. The van der Waals surface area contributed by atoms with E-state index < -0.39 is 0 Å². The number of rotatable bonds is 2. The summed E-state index contributed by atoms with van der Waals surface area (Å²) >= 11 is 6.20. The van der Waals surface area contributed by atoms with Crippen molar-refractivity contribution in [1.29, 1.82) is 0 Å². The summed E-state index contributed by atoms with van der Waals surface area (Å²) in [6, 6.07) is 4.25. The third kappa shape index (κ3) is 2.56. The lowest BCUT2D eigenvalue weighted by Gasteiger charge is -2.06. The first-order chi connectivity index (χ1) is 8.08. The largest absolute Gasteiger partial charge is 0.504 e. The number of nitrogens with zero attached hydrogens (tertiary/aromatic N) is 2. The van der Waals surface area contributed by atoms with Crippen LogP contribution in [-0.2, 0) is 4.79 Å². The predicted octanol–water partition coefficient (Wildman–Crippen LogP) is 1.29. The number of hydrazone groups is 1. The Hall–Kier alpha value is -1.60. The van der Waals surface area contributed by atoms with Crippen molar-refractivity contribution in [3.8, 4) is 11.5 Å². The average Bonchev–Trinajstić information content (AvgIpc) is 2.61. The molecule has 1 aromatic carbocycles. The molecule has 0 bridgehead atoms.